The molecule has 0 spiro atoms. The summed E-state index contributed by atoms with van der Waals surface area (Å²) in [5.41, 5.74) is -0.511. The molecule has 0 atom stereocenters. The predicted molar refractivity (Wildman–Crippen MR) is 68.8 cm³/mol. The molecule has 0 aliphatic heterocycles. The number of aromatic nitrogens is 1. The molecule has 0 bridgehead atoms. The van der Waals surface area contributed by atoms with E-state index in [1.165, 1.54) is 18.3 Å². The Morgan fingerprint density at radius 1 is 1.47 bits per heavy atom. The molecule has 0 saturated carbocycles. The highest BCUT2D eigenvalue weighted by Crippen LogP contribution is 2.23. The second-order valence-corrected chi connectivity index (χ2v) is 6.49. The van der Waals surface area contributed by atoms with Crippen LogP contribution >= 0.6 is 11.3 Å². The van der Waals surface area contributed by atoms with Gasteiger partial charge in [-0.2, -0.15) is 5.26 Å². The minimum absolute atomic E-state index is 0.172. The lowest BCUT2D eigenvalue weighted by Crippen LogP contribution is -2.14. The molecular formula is C11H8FN3O2S2. The van der Waals surface area contributed by atoms with E-state index < -0.39 is 26.3 Å². The number of rotatable bonds is 3. The van der Waals surface area contributed by atoms with Gasteiger partial charge < -0.3 is 0 Å². The van der Waals surface area contributed by atoms with Crippen molar-refractivity contribution >= 4 is 26.5 Å². The van der Waals surface area contributed by atoms with Gasteiger partial charge in [0.25, 0.3) is 10.0 Å². The number of aryl methyl sites for hydroxylation is 1. The van der Waals surface area contributed by atoms with Gasteiger partial charge in [0.1, 0.15) is 22.3 Å². The van der Waals surface area contributed by atoms with E-state index in [9.17, 15) is 12.8 Å². The molecule has 2 aromatic rings. The van der Waals surface area contributed by atoms with E-state index in [4.69, 9.17) is 5.26 Å². The second-order valence-electron chi connectivity index (χ2n) is 3.61. The minimum Gasteiger partial charge on any atom is -0.255 e. The zero-order chi connectivity index (χ0) is 14.0. The van der Waals surface area contributed by atoms with E-state index in [0.717, 1.165) is 22.3 Å². The van der Waals surface area contributed by atoms with Crippen molar-refractivity contribution in [3.63, 3.8) is 0 Å². The van der Waals surface area contributed by atoms with E-state index in [-0.39, 0.29) is 5.13 Å². The van der Waals surface area contributed by atoms with Crippen LogP contribution in [0, 0.1) is 24.1 Å². The standard InChI is InChI=1S/C11H8FN3O2S2/c1-7-6-14-11(18-7)15-19(16,17)10-4-2-3-9(12)8(10)5-13/h2-4,6H,1H3,(H,14,15). The van der Waals surface area contributed by atoms with Gasteiger partial charge in [-0.15, -0.1) is 11.3 Å². The molecule has 0 unspecified atom stereocenters. The van der Waals surface area contributed by atoms with Crippen LogP contribution < -0.4 is 4.72 Å². The molecule has 0 saturated heterocycles. The Morgan fingerprint density at radius 3 is 2.79 bits per heavy atom. The smallest absolute Gasteiger partial charge is 0.255 e. The molecular weight excluding hydrogens is 289 g/mol. The number of benzene rings is 1. The molecule has 1 heterocycles. The molecule has 0 aliphatic carbocycles. The molecule has 1 aromatic carbocycles. The molecule has 2 rings (SSSR count). The fourth-order valence-electron chi connectivity index (χ4n) is 1.41. The summed E-state index contributed by atoms with van der Waals surface area (Å²) in [6.07, 6.45) is 1.51. The number of nitriles is 1. The van der Waals surface area contributed by atoms with E-state index in [2.05, 4.69) is 9.71 Å². The average molecular weight is 297 g/mol. The number of halogens is 1. The normalized spacial score (nSPS) is 11.0. The van der Waals surface area contributed by atoms with E-state index in [1.54, 1.807) is 13.0 Å². The third-order valence-corrected chi connectivity index (χ3v) is 4.56. The highest BCUT2D eigenvalue weighted by atomic mass is 32.2. The first-order valence-corrected chi connectivity index (χ1v) is 7.38. The average Bonchev–Trinajstić information content (AvgIpc) is 2.73. The highest BCUT2D eigenvalue weighted by Gasteiger charge is 2.22. The summed E-state index contributed by atoms with van der Waals surface area (Å²) in [7, 11) is -4.03. The summed E-state index contributed by atoms with van der Waals surface area (Å²) in [6.45, 7) is 1.78. The lowest BCUT2D eigenvalue weighted by atomic mass is 10.2. The molecule has 1 aromatic heterocycles. The number of hydrogen-bond acceptors (Lipinski definition) is 5. The van der Waals surface area contributed by atoms with E-state index in [1.807, 2.05) is 0 Å². The summed E-state index contributed by atoms with van der Waals surface area (Å²) >= 11 is 1.15. The van der Waals surface area contributed by atoms with Gasteiger partial charge >= 0.3 is 0 Å². The van der Waals surface area contributed by atoms with Gasteiger partial charge in [0.2, 0.25) is 0 Å². The van der Waals surface area contributed by atoms with Gasteiger partial charge in [0, 0.05) is 11.1 Å². The van der Waals surface area contributed by atoms with Gasteiger partial charge in [0.05, 0.1) is 0 Å². The minimum atomic E-state index is -4.03. The zero-order valence-corrected chi connectivity index (χ0v) is 11.3. The molecule has 8 heteroatoms. The molecule has 1 N–H and O–H groups in total. The Balaban J connectivity index is 2.46. The maximum absolute atomic E-state index is 13.4. The molecule has 98 valence electrons. The Hall–Kier alpha value is -1.98. The summed E-state index contributed by atoms with van der Waals surface area (Å²) in [4.78, 5) is 4.29. The number of thiazole rings is 1. The Morgan fingerprint density at radius 2 is 2.21 bits per heavy atom. The van der Waals surface area contributed by atoms with Crippen LogP contribution in [0.2, 0.25) is 0 Å². The van der Waals surface area contributed by atoms with Crippen molar-refractivity contribution < 1.29 is 12.8 Å². The van der Waals surface area contributed by atoms with Crippen LogP contribution in [0.4, 0.5) is 9.52 Å². The summed E-state index contributed by atoms with van der Waals surface area (Å²) < 4.78 is 39.8. The zero-order valence-electron chi connectivity index (χ0n) is 9.71. The van der Waals surface area contributed by atoms with Crippen LogP contribution in [-0.4, -0.2) is 13.4 Å². The third kappa shape index (κ3) is 2.72. The fourth-order valence-corrected chi connectivity index (χ4v) is 3.48. The Bertz CT molecular complexity index is 762. The molecule has 0 fully saturated rings. The van der Waals surface area contributed by atoms with Gasteiger partial charge in [0.15, 0.2) is 5.13 Å². The lowest BCUT2D eigenvalue weighted by Gasteiger charge is -2.07. The van der Waals surface area contributed by atoms with Crippen molar-refractivity contribution in [3.8, 4) is 6.07 Å². The maximum atomic E-state index is 13.4. The Labute approximate surface area is 113 Å². The van der Waals surface area contributed by atoms with Gasteiger partial charge in [-0.05, 0) is 19.1 Å². The topological polar surface area (TPSA) is 82.8 Å². The third-order valence-electron chi connectivity index (χ3n) is 2.22. The molecule has 0 amide bonds. The van der Waals surface area contributed by atoms with Crippen LogP contribution in [0.3, 0.4) is 0 Å². The van der Waals surface area contributed by atoms with E-state index in [0.29, 0.717) is 0 Å². The van der Waals surface area contributed by atoms with Gasteiger partial charge in [-0.25, -0.2) is 17.8 Å². The number of nitrogens with one attached hydrogen (secondary N) is 1. The number of hydrogen-bond donors (Lipinski definition) is 1. The highest BCUT2D eigenvalue weighted by molar-refractivity contribution is 7.93. The number of anilines is 1. The van der Waals surface area contributed by atoms with Gasteiger partial charge in [-0.1, -0.05) is 6.07 Å². The SMILES string of the molecule is Cc1cnc(NS(=O)(=O)c2cccc(F)c2C#N)s1. The van der Waals surface area contributed by atoms with Crippen LogP contribution in [0.25, 0.3) is 0 Å². The van der Waals surface area contributed by atoms with Gasteiger partial charge in [-0.3, -0.25) is 4.72 Å². The fraction of sp³-hybridized carbons (Fsp3) is 0.0909. The van der Waals surface area contributed by atoms with Crippen LogP contribution in [-0.2, 0) is 10.0 Å². The van der Waals surface area contributed by atoms with Crippen molar-refractivity contribution in [2.24, 2.45) is 0 Å². The quantitative estimate of drug-likeness (QED) is 0.942. The monoisotopic (exact) mass is 297 g/mol. The van der Waals surface area contributed by atoms with Crippen LogP contribution in [0.15, 0.2) is 29.3 Å². The molecule has 19 heavy (non-hydrogen) atoms. The predicted octanol–water partition coefficient (Wildman–Crippen LogP) is 2.26. The second kappa shape index (κ2) is 4.95. The van der Waals surface area contributed by atoms with Crippen molar-refractivity contribution in [3.05, 3.63) is 40.7 Å². The number of nitrogens with zero attached hydrogens (tertiary/aromatic N) is 2. The largest absolute Gasteiger partial charge is 0.265 e. The Kier molecular flexibility index (Phi) is 3.50. The van der Waals surface area contributed by atoms with Crippen molar-refractivity contribution in [2.45, 2.75) is 11.8 Å². The first-order valence-electron chi connectivity index (χ1n) is 5.08. The van der Waals surface area contributed by atoms with Crippen LogP contribution in [0.5, 0.6) is 0 Å². The molecule has 5 nitrogen and oxygen atoms in total. The summed E-state index contributed by atoms with van der Waals surface area (Å²) in [6, 6.07) is 4.99. The molecule has 0 aliphatic rings. The first-order chi connectivity index (χ1) is 8.94. The van der Waals surface area contributed by atoms with Crippen molar-refractivity contribution in [1.29, 1.82) is 5.26 Å². The van der Waals surface area contributed by atoms with Crippen molar-refractivity contribution in [2.75, 3.05) is 4.72 Å². The number of sulfonamides is 1. The lowest BCUT2D eigenvalue weighted by molar-refractivity contribution is 0.593. The van der Waals surface area contributed by atoms with E-state index >= 15 is 0 Å². The maximum Gasteiger partial charge on any atom is 0.265 e. The summed E-state index contributed by atoms with van der Waals surface area (Å²) in [5, 5.41) is 9.01. The molecule has 0 radical (unpaired) electrons. The summed E-state index contributed by atoms with van der Waals surface area (Å²) in [5.74, 6) is -0.874. The first kappa shape index (κ1) is 13.5. The van der Waals surface area contributed by atoms with Crippen molar-refractivity contribution in [1.82, 2.24) is 4.98 Å². The van der Waals surface area contributed by atoms with Crippen LogP contribution in [0.1, 0.15) is 10.4 Å².